The van der Waals surface area contributed by atoms with Gasteiger partial charge in [0.15, 0.2) is 0 Å². The number of aromatic amines is 1. The minimum absolute atomic E-state index is 0.00593. The lowest BCUT2D eigenvalue weighted by Crippen LogP contribution is -2.49. The summed E-state index contributed by atoms with van der Waals surface area (Å²) in [6.07, 6.45) is -5.08. The number of rotatable bonds is 3. The van der Waals surface area contributed by atoms with Gasteiger partial charge in [0.05, 0.1) is 33.9 Å². The lowest BCUT2D eigenvalue weighted by atomic mass is 9.95. The van der Waals surface area contributed by atoms with Crippen LogP contribution in [0.3, 0.4) is 0 Å². The van der Waals surface area contributed by atoms with Crippen LogP contribution in [0.15, 0.2) is 39.3 Å². The fourth-order valence-electron chi connectivity index (χ4n) is 5.41. The number of aliphatic hydroxyl groups excluding tert-OH is 1. The third-order valence-corrected chi connectivity index (χ3v) is 9.37. The smallest absolute Gasteiger partial charge is 0.390 e. The van der Waals surface area contributed by atoms with E-state index in [1.807, 2.05) is 0 Å². The zero-order chi connectivity index (χ0) is 30.1. The normalized spacial score (nSPS) is 17.6. The first-order valence-corrected chi connectivity index (χ1v) is 14.4. The van der Waals surface area contributed by atoms with E-state index in [9.17, 15) is 37.1 Å². The molecule has 6 rings (SSSR count). The largest absolute Gasteiger partial charge is 0.417 e. The third kappa shape index (κ3) is 4.57. The Morgan fingerprint density at radius 1 is 1.12 bits per heavy atom. The van der Waals surface area contributed by atoms with Gasteiger partial charge in [0.1, 0.15) is 17.5 Å². The van der Waals surface area contributed by atoms with E-state index in [0.717, 1.165) is 28.5 Å². The Morgan fingerprint density at radius 3 is 2.50 bits per heavy atom. The van der Waals surface area contributed by atoms with Crippen LogP contribution in [0, 0.1) is 11.6 Å². The molecular formula is C26H20F5N5O4S2. The molecule has 0 bridgehead atoms. The van der Waals surface area contributed by atoms with E-state index in [0.29, 0.717) is 17.4 Å². The highest BCUT2D eigenvalue weighted by Crippen LogP contribution is 2.50. The predicted octanol–water partition coefficient (Wildman–Crippen LogP) is 3.56. The molecule has 2 N–H and O–H groups in total. The number of halogens is 5. The Morgan fingerprint density at radius 2 is 1.83 bits per heavy atom. The van der Waals surface area contributed by atoms with Crippen molar-refractivity contribution in [1.29, 1.82) is 0 Å². The zero-order valence-electron chi connectivity index (χ0n) is 21.4. The molecule has 1 amide bonds. The number of thioether (sulfide) groups is 1. The third-order valence-electron chi connectivity index (χ3n) is 7.24. The number of H-pyrrole nitrogens is 1. The number of carbonyl (C=O) groups is 1. The van der Waals surface area contributed by atoms with Crippen molar-refractivity contribution in [2.45, 2.75) is 23.7 Å². The summed E-state index contributed by atoms with van der Waals surface area (Å²) in [5.41, 5.74) is -3.94. The molecule has 0 radical (unpaired) electrons. The van der Waals surface area contributed by atoms with E-state index < -0.39 is 56.7 Å². The van der Waals surface area contributed by atoms with Crippen LogP contribution in [0.25, 0.3) is 32.2 Å². The topological polar surface area (TPSA) is 112 Å². The number of aromatic nitrogens is 3. The minimum Gasteiger partial charge on any atom is -0.390 e. The summed E-state index contributed by atoms with van der Waals surface area (Å²) in [4.78, 5) is 46.0. The second-order valence-electron chi connectivity index (χ2n) is 9.77. The van der Waals surface area contributed by atoms with Gasteiger partial charge in [0.25, 0.3) is 0 Å². The van der Waals surface area contributed by atoms with Gasteiger partial charge >= 0.3 is 16.7 Å². The van der Waals surface area contributed by atoms with Crippen LogP contribution in [-0.2, 0) is 17.5 Å². The van der Waals surface area contributed by atoms with Crippen molar-refractivity contribution in [3.05, 3.63) is 62.1 Å². The summed E-state index contributed by atoms with van der Waals surface area (Å²) in [5, 5.41) is 10.5. The van der Waals surface area contributed by atoms with E-state index in [1.54, 1.807) is 4.90 Å². The maximum absolute atomic E-state index is 15.5. The Bertz CT molecular complexity index is 1910. The first-order chi connectivity index (χ1) is 19.9. The molecule has 1 fully saturated rings. The van der Waals surface area contributed by atoms with Crippen LogP contribution in [0.1, 0.15) is 5.56 Å². The van der Waals surface area contributed by atoms with Crippen molar-refractivity contribution >= 4 is 55.9 Å². The maximum Gasteiger partial charge on any atom is 0.417 e. The van der Waals surface area contributed by atoms with Gasteiger partial charge in [0.2, 0.25) is 5.91 Å². The molecule has 1 atom stereocenters. The van der Waals surface area contributed by atoms with Gasteiger partial charge in [-0.25, -0.2) is 13.6 Å². The van der Waals surface area contributed by atoms with Gasteiger partial charge in [-0.15, -0.1) is 11.8 Å². The number of nitrogens with one attached hydrogen (secondary N) is 1. The number of anilines is 1. The molecule has 0 aliphatic carbocycles. The number of hydrogen-bond donors (Lipinski definition) is 2. The molecule has 2 aromatic carbocycles. The summed E-state index contributed by atoms with van der Waals surface area (Å²) >= 11 is 1.18. The number of piperazine rings is 1. The van der Waals surface area contributed by atoms with Crippen molar-refractivity contribution in [3.63, 3.8) is 0 Å². The van der Waals surface area contributed by atoms with Crippen molar-refractivity contribution in [3.8, 4) is 11.1 Å². The highest BCUT2D eigenvalue weighted by Gasteiger charge is 2.40. The summed E-state index contributed by atoms with van der Waals surface area (Å²) in [6.45, 7) is 3.88. The summed E-state index contributed by atoms with van der Waals surface area (Å²) in [7, 11) is 0. The minimum atomic E-state index is -5.07. The fraction of sp³-hybridized carbons (Fsp3) is 0.308. The van der Waals surface area contributed by atoms with Crippen LogP contribution >= 0.6 is 23.1 Å². The molecule has 4 heterocycles. The molecule has 16 heteroatoms. The number of amides is 1. The van der Waals surface area contributed by atoms with Crippen molar-refractivity contribution in [2.75, 3.05) is 36.8 Å². The van der Waals surface area contributed by atoms with E-state index in [2.05, 4.69) is 16.5 Å². The average Bonchev–Trinajstić information content (AvgIpc) is 3.24. The molecule has 4 aromatic rings. The van der Waals surface area contributed by atoms with Gasteiger partial charge in [-0.1, -0.05) is 17.9 Å². The van der Waals surface area contributed by atoms with Gasteiger partial charge in [0, 0.05) is 59.4 Å². The maximum atomic E-state index is 15.5. The van der Waals surface area contributed by atoms with E-state index >= 15 is 4.39 Å². The molecule has 2 aromatic heterocycles. The van der Waals surface area contributed by atoms with Gasteiger partial charge in [-0.05, 0) is 12.1 Å². The number of aliphatic hydroxyl groups is 1. The van der Waals surface area contributed by atoms with Crippen molar-refractivity contribution in [1.82, 2.24) is 19.4 Å². The van der Waals surface area contributed by atoms with Crippen molar-refractivity contribution in [2.24, 2.45) is 0 Å². The summed E-state index contributed by atoms with van der Waals surface area (Å²) < 4.78 is 75.3. The Hall–Kier alpha value is -3.76. The van der Waals surface area contributed by atoms with Crippen LogP contribution in [0.4, 0.5) is 27.8 Å². The Kier molecular flexibility index (Phi) is 6.89. The van der Waals surface area contributed by atoms with Gasteiger partial charge < -0.3 is 19.9 Å². The molecule has 2 aliphatic rings. The van der Waals surface area contributed by atoms with Crippen LogP contribution in [0.5, 0.6) is 0 Å². The number of alkyl halides is 3. The Labute approximate surface area is 240 Å². The molecule has 0 spiro atoms. The monoisotopic (exact) mass is 625 g/mol. The average molecular weight is 626 g/mol. The lowest BCUT2D eigenvalue weighted by molar-refractivity contribution is -0.137. The molecule has 220 valence electrons. The quantitative estimate of drug-likeness (QED) is 0.265. The predicted molar refractivity (Wildman–Crippen MR) is 148 cm³/mol. The first-order valence-electron chi connectivity index (χ1n) is 12.6. The number of thiazole rings is 1. The molecule has 42 heavy (non-hydrogen) atoms. The first kappa shape index (κ1) is 28.4. The number of nitrogens with zero attached hydrogens (tertiary/aromatic N) is 4. The van der Waals surface area contributed by atoms with Crippen LogP contribution in [-0.4, -0.2) is 68.5 Å². The second kappa shape index (κ2) is 10.2. The molecule has 1 saturated heterocycles. The molecular weight excluding hydrogens is 605 g/mol. The summed E-state index contributed by atoms with van der Waals surface area (Å²) in [5.74, 6) is -2.97. The number of benzene rings is 2. The molecule has 9 nitrogen and oxygen atoms in total. The highest BCUT2D eigenvalue weighted by atomic mass is 32.2. The van der Waals surface area contributed by atoms with Crippen LogP contribution in [0.2, 0.25) is 0 Å². The number of hydrogen-bond acceptors (Lipinski definition) is 8. The molecule has 1 unspecified atom stereocenters. The second-order valence-corrected chi connectivity index (χ2v) is 11.8. The van der Waals surface area contributed by atoms with Gasteiger partial charge in [-0.3, -0.25) is 14.2 Å². The van der Waals surface area contributed by atoms with E-state index in [4.69, 9.17) is 0 Å². The molecule has 2 aliphatic heterocycles. The highest BCUT2D eigenvalue weighted by molar-refractivity contribution is 7.99. The fourth-order valence-corrected chi connectivity index (χ4v) is 7.34. The standard InChI is InChI=1S/C26H20F5N5O4S2/c1-2-16(38)34-3-5-35(6-4-34)23-12-7-13(26(29,30)31)17(18-14(27)8-15(28)21-19(18)32-25(40)42-21)22-20(12)36(24(39)33-23)9-11(37)10-41-22/h2,7-8,11,37H,1,3-6,9-10H2,(H,32,40). The number of carbonyl (C=O) groups excluding carboxylic acids is 1. The zero-order valence-corrected chi connectivity index (χ0v) is 23.1. The van der Waals surface area contributed by atoms with E-state index in [-0.39, 0.29) is 70.7 Å². The van der Waals surface area contributed by atoms with E-state index in [1.165, 1.54) is 4.90 Å². The lowest BCUT2D eigenvalue weighted by Gasteiger charge is -2.35. The SMILES string of the molecule is C=CC(=O)N1CCN(c2nc(=O)n3c4c(c(-c5c(F)cc(F)c6sc(=O)[nH]c56)c(C(F)(F)F)cc24)SCC(O)C3)CC1. The number of fused-ring (bicyclic) bond motifs is 1. The van der Waals surface area contributed by atoms with Crippen molar-refractivity contribution < 1.29 is 31.9 Å². The van der Waals surface area contributed by atoms with Crippen LogP contribution < -0.4 is 15.5 Å². The Balaban J connectivity index is 1.70. The summed E-state index contributed by atoms with van der Waals surface area (Å²) in [6, 6.07) is 1.19. The van der Waals surface area contributed by atoms with Gasteiger partial charge in [-0.2, -0.15) is 18.2 Å². The molecule has 0 saturated carbocycles.